The average Bonchev–Trinajstić information content (AvgIpc) is 2.80. The van der Waals surface area contributed by atoms with Gasteiger partial charge in [0.15, 0.2) is 0 Å². The van der Waals surface area contributed by atoms with E-state index >= 15 is 0 Å². The zero-order chi connectivity index (χ0) is 18.5. The number of carbonyl (C=O) groups excluding carboxylic acids is 1. The van der Waals surface area contributed by atoms with Crippen molar-refractivity contribution in [1.29, 1.82) is 0 Å². The van der Waals surface area contributed by atoms with Gasteiger partial charge in [-0.25, -0.2) is 0 Å². The summed E-state index contributed by atoms with van der Waals surface area (Å²) >= 11 is 0. The molecule has 138 valence electrons. The summed E-state index contributed by atoms with van der Waals surface area (Å²) in [6, 6.07) is 15.0. The van der Waals surface area contributed by atoms with E-state index in [1.165, 1.54) is 22.3 Å². The zero-order valence-electron chi connectivity index (χ0n) is 16.0. The van der Waals surface area contributed by atoms with Crippen molar-refractivity contribution in [1.82, 2.24) is 9.80 Å². The average molecular weight is 352 g/mol. The minimum atomic E-state index is 0.164. The minimum absolute atomic E-state index is 0.164. The number of rotatable bonds is 5. The van der Waals surface area contributed by atoms with Crippen molar-refractivity contribution in [2.45, 2.75) is 32.9 Å². The number of aryl methyl sites for hydroxylation is 2. The third-order valence-corrected chi connectivity index (χ3v) is 4.80. The fourth-order valence-electron chi connectivity index (χ4n) is 3.34. The molecule has 0 aromatic heterocycles. The van der Waals surface area contributed by atoms with Crippen molar-refractivity contribution in [2.75, 3.05) is 27.2 Å². The van der Waals surface area contributed by atoms with Crippen molar-refractivity contribution in [2.24, 2.45) is 0 Å². The lowest BCUT2D eigenvalue weighted by atomic mass is 10.0. The second-order valence-electron chi connectivity index (χ2n) is 7.28. The predicted molar refractivity (Wildman–Crippen MR) is 104 cm³/mol. The maximum atomic E-state index is 11.8. The molecule has 1 heterocycles. The molecule has 0 unspecified atom stereocenters. The Kier molecular flexibility index (Phi) is 5.94. The van der Waals surface area contributed by atoms with Crippen LogP contribution >= 0.6 is 0 Å². The molecule has 0 spiro atoms. The molecule has 2 aromatic carbocycles. The van der Waals surface area contributed by atoms with Gasteiger partial charge in [-0.2, -0.15) is 0 Å². The maximum Gasteiger partial charge on any atom is 0.222 e. The van der Waals surface area contributed by atoms with Gasteiger partial charge in [-0.15, -0.1) is 0 Å². The van der Waals surface area contributed by atoms with Crippen molar-refractivity contribution in [3.8, 4) is 5.75 Å². The summed E-state index contributed by atoms with van der Waals surface area (Å²) in [4.78, 5) is 15.9. The summed E-state index contributed by atoms with van der Waals surface area (Å²) in [5, 5.41) is 0. The monoisotopic (exact) mass is 352 g/mol. The first-order chi connectivity index (χ1) is 12.5. The van der Waals surface area contributed by atoms with Crippen LogP contribution in [0.15, 0.2) is 42.5 Å². The lowest BCUT2D eigenvalue weighted by molar-refractivity contribution is -0.128. The van der Waals surface area contributed by atoms with Crippen LogP contribution in [0.4, 0.5) is 0 Å². The lowest BCUT2D eigenvalue weighted by Gasteiger charge is -2.20. The highest BCUT2D eigenvalue weighted by atomic mass is 16.5. The molecule has 0 N–H and O–H groups in total. The Bertz CT molecular complexity index is 770. The molecule has 1 aliphatic rings. The SMILES string of the molecule is Cc1cccc(CN2CCOc3ccc(CCC(=O)N(C)C)cc3C2)c1. The van der Waals surface area contributed by atoms with Crippen molar-refractivity contribution < 1.29 is 9.53 Å². The second-order valence-corrected chi connectivity index (χ2v) is 7.28. The van der Waals surface area contributed by atoms with Crippen LogP contribution in [-0.4, -0.2) is 43.0 Å². The number of amides is 1. The van der Waals surface area contributed by atoms with Crippen LogP contribution in [0.2, 0.25) is 0 Å². The zero-order valence-corrected chi connectivity index (χ0v) is 16.0. The number of nitrogens with zero attached hydrogens (tertiary/aromatic N) is 2. The van der Waals surface area contributed by atoms with Crippen molar-refractivity contribution in [3.63, 3.8) is 0 Å². The highest BCUT2D eigenvalue weighted by Crippen LogP contribution is 2.26. The Morgan fingerprint density at radius 1 is 1.15 bits per heavy atom. The van der Waals surface area contributed by atoms with E-state index in [0.717, 1.165) is 31.8 Å². The van der Waals surface area contributed by atoms with E-state index in [4.69, 9.17) is 4.74 Å². The maximum absolute atomic E-state index is 11.8. The fourth-order valence-corrected chi connectivity index (χ4v) is 3.34. The third kappa shape index (κ3) is 4.85. The second kappa shape index (κ2) is 8.37. The van der Waals surface area contributed by atoms with E-state index in [9.17, 15) is 4.79 Å². The molecular formula is C22H28N2O2. The summed E-state index contributed by atoms with van der Waals surface area (Å²) in [6.07, 6.45) is 1.31. The number of hydrogen-bond donors (Lipinski definition) is 0. The predicted octanol–water partition coefficient (Wildman–Crippen LogP) is 3.41. The lowest BCUT2D eigenvalue weighted by Crippen LogP contribution is -2.25. The first kappa shape index (κ1) is 18.5. The molecule has 0 bridgehead atoms. The van der Waals surface area contributed by atoms with Crippen LogP contribution in [0, 0.1) is 6.92 Å². The summed E-state index contributed by atoms with van der Waals surface area (Å²) in [5.41, 5.74) is 5.04. The highest BCUT2D eigenvalue weighted by Gasteiger charge is 2.16. The normalized spacial score (nSPS) is 14.3. The van der Waals surface area contributed by atoms with Gasteiger partial charge in [0.25, 0.3) is 0 Å². The van der Waals surface area contributed by atoms with Gasteiger partial charge in [0.2, 0.25) is 5.91 Å². The molecule has 4 nitrogen and oxygen atoms in total. The standard InChI is InChI=1S/C22H28N2O2/c1-17-5-4-6-19(13-17)15-24-11-12-26-21-9-7-18(14-20(21)16-24)8-10-22(25)23(2)3/h4-7,9,13-14H,8,10-12,15-16H2,1-3H3. The fraction of sp³-hybridized carbons (Fsp3) is 0.409. The molecule has 1 aliphatic heterocycles. The Morgan fingerprint density at radius 2 is 2.00 bits per heavy atom. The number of fused-ring (bicyclic) bond motifs is 1. The topological polar surface area (TPSA) is 32.8 Å². The molecule has 4 heteroatoms. The van der Waals surface area contributed by atoms with E-state index < -0.39 is 0 Å². The van der Waals surface area contributed by atoms with Crippen molar-refractivity contribution in [3.05, 3.63) is 64.7 Å². The number of hydrogen-bond acceptors (Lipinski definition) is 3. The molecule has 1 amide bonds. The summed E-state index contributed by atoms with van der Waals surface area (Å²) < 4.78 is 5.94. The summed E-state index contributed by atoms with van der Waals surface area (Å²) in [6.45, 7) is 5.55. The Morgan fingerprint density at radius 3 is 2.77 bits per heavy atom. The minimum Gasteiger partial charge on any atom is -0.492 e. The highest BCUT2D eigenvalue weighted by molar-refractivity contribution is 5.75. The molecule has 0 saturated heterocycles. The van der Waals surface area contributed by atoms with Gasteiger partial charge >= 0.3 is 0 Å². The Hall–Kier alpha value is -2.33. The van der Waals surface area contributed by atoms with E-state index in [1.807, 2.05) is 0 Å². The molecule has 0 radical (unpaired) electrons. The first-order valence-corrected chi connectivity index (χ1v) is 9.24. The molecule has 0 aliphatic carbocycles. The van der Waals surface area contributed by atoms with Gasteiger partial charge in [-0.3, -0.25) is 9.69 Å². The molecule has 0 fully saturated rings. The molecule has 3 rings (SSSR count). The van der Waals surface area contributed by atoms with Crippen molar-refractivity contribution >= 4 is 5.91 Å². The van der Waals surface area contributed by atoms with Gasteiger partial charge in [0.05, 0.1) is 0 Å². The smallest absolute Gasteiger partial charge is 0.222 e. The number of carbonyl (C=O) groups is 1. The van der Waals surface area contributed by atoms with Gasteiger partial charge in [0, 0.05) is 45.7 Å². The molecule has 0 saturated carbocycles. The molecule has 2 aromatic rings. The Labute approximate surface area is 156 Å². The molecule has 0 atom stereocenters. The van der Waals surface area contributed by atoms with Crippen LogP contribution in [0.1, 0.15) is 28.7 Å². The quantitative estimate of drug-likeness (QED) is 0.827. The van der Waals surface area contributed by atoms with E-state index in [2.05, 4.69) is 54.3 Å². The Balaban J connectivity index is 1.69. The van der Waals surface area contributed by atoms with Crippen LogP contribution in [0.25, 0.3) is 0 Å². The van der Waals surface area contributed by atoms with E-state index in [0.29, 0.717) is 13.0 Å². The first-order valence-electron chi connectivity index (χ1n) is 9.24. The van der Waals surface area contributed by atoms with E-state index in [1.54, 1.807) is 19.0 Å². The molecular weight excluding hydrogens is 324 g/mol. The van der Waals surface area contributed by atoms with Crippen LogP contribution < -0.4 is 4.74 Å². The number of ether oxygens (including phenoxy) is 1. The largest absolute Gasteiger partial charge is 0.492 e. The number of benzene rings is 2. The van der Waals surface area contributed by atoms with Crippen LogP contribution in [0.3, 0.4) is 0 Å². The van der Waals surface area contributed by atoms with Gasteiger partial charge < -0.3 is 9.64 Å². The molecule has 26 heavy (non-hydrogen) atoms. The van der Waals surface area contributed by atoms with Crippen LogP contribution in [-0.2, 0) is 24.3 Å². The van der Waals surface area contributed by atoms with Gasteiger partial charge in [-0.1, -0.05) is 42.0 Å². The van der Waals surface area contributed by atoms with Crippen LogP contribution in [0.5, 0.6) is 5.75 Å². The van der Waals surface area contributed by atoms with Gasteiger partial charge in [-0.05, 0) is 30.5 Å². The summed E-state index contributed by atoms with van der Waals surface area (Å²) in [7, 11) is 3.60. The third-order valence-electron chi connectivity index (χ3n) is 4.80. The summed E-state index contributed by atoms with van der Waals surface area (Å²) in [5.74, 6) is 1.14. The van der Waals surface area contributed by atoms with Gasteiger partial charge in [0.1, 0.15) is 12.4 Å². The van der Waals surface area contributed by atoms with E-state index in [-0.39, 0.29) is 5.91 Å².